The lowest BCUT2D eigenvalue weighted by Crippen LogP contribution is -2.54. The first-order valence-electron chi connectivity index (χ1n) is 10.2. The van der Waals surface area contributed by atoms with Crippen molar-refractivity contribution in [3.8, 4) is 5.75 Å². The number of barbiturate groups is 1. The number of rotatable bonds is 6. The van der Waals surface area contributed by atoms with E-state index in [0.29, 0.717) is 20.1 Å². The second-order valence-electron chi connectivity index (χ2n) is 7.45. The van der Waals surface area contributed by atoms with Gasteiger partial charge in [0, 0.05) is 22.2 Å². The molecule has 182 valence electrons. The maximum Gasteiger partial charge on any atom is 0.335 e. The summed E-state index contributed by atoms with van der Waals surface area (Å²) in [4.78, 5) is 49.2. The molecule has 4 amide bonds. The normalized spacial score (nSPS) is 14.7. The fourth-order valence-electron chi connectivity index (χ4n) is 3.35. The van der Waals surface area contributed by atoms with Crippen LogP contribution in [0, 0.1) is 15.9 Å². The van der Waals surface area contributed by atoms with Crippen molar-refractivity contribution in [2.45, 2.75) is 6.61 Å². The van der Waals surface area contributed by atoms with Gasteiger partial charge in [0.1, 0.15) is 23.7 Å². The lowest BCUT2D eigenvalue weighted by molar-refractivity contribution is -0.384. The van der Waals surface area contributed by atoms with E-state index in [1.54, 1.807) is 24.3 Å². The molecule has 0 unspecified atom stereocenters. The molecule has 9 nitrogen and oxygen atoms in total. The fraction of sp³-hybridized carbons (Fsp3) is 0.0417. The van der Waals surface area contributed by atoms with E-state index in [9.17, 15) is 28.9 Å². The van der Waals surface area contributed by atoms with Crippen LogP contribution in [0.1, 0.15) is 11.1 Å². The third kappa shape index (κ3) is 5.34. The Morgan fingerprint density at radius 3 is 2.33 bits per heavy atom. The molecule has 12 heteroatoms. The lowest BCUT2D eigenvalue weighted by Gasteiger charge is -2.26. The highest BCUT2D eigenvalue weighted by Crippen LogP contribution is 2.36. The zero-order chi connectivity index (χ0) is 26.0. The molecule has 0 atom stereocenters. The van der Waals surface area contributed by atoms with Gasteiger partial charge in [0.05, 0.1) is 15.1 Å². The summed E-state index contributed by atoms with van der Waals surface area (Å²) in [5.74, 6) is -2.06. The number of nitro benzene ring substituents is 1. The van der Waals surface area contributed by atoms with E-state index in [2.05, 4.69) is 37.2 Å². The second kappa shape index (κ2) is 10.4. The van der Waals surface area contributed by atoms with Crippen molar-refractivity contribution in [2.24, 2.45) is 0 Å². The summed E-state index contributed by atoms with van der Waals surface area (Å²) < 4.78 is 20.4. The summed E-state index contributed by atoms with van der Waals surface area (Å²) in [6.07, 6.45) is 1.28. The lowest BCUT2D eigenvalue weighted by atomic mass is 10.1. The third-order valence-electron chi connectivity index (χ3n) is 5.05. The average Bonchev–Trinajstić information content (AvgIpc) is 2.82. The Bertz CT molecular complexity index is 1430. The van der Waals surface area contributed by atoms with Gasteiger partial charge in [-0.25, -0.2) is 14.1 Å². The van der Waals surface area contributed by atoms with Crippen LogP contribution in [-0.4, -0.2) is 22.8 Å². The quantitative estimate of drug-likeness (QED) is 0.169. The Hall–Kier alpha value is -3.90. The number of carbonyl (C=O) groups is 3. The number of nitro groups is 1. The van der Waals surface area contributed by atoms with E-state index in [-0.39, 0.29) is 29.3 Å². The van der Waals surface area contributed by atoms with E-state index < -0.39 is 28.6 Å². The van der Waals surface area contributed by atoms with Crippen molar-refractivity contribution in [1.29, 1.82) is 0 Å². The van der Waals surface area contributed by atoms with Crippen molar-refractivity contribution in [3.63, 3.8) is 0 Å². The molecule has 1 N–H and O–H groups in total. The minimum Gasteiger partial charge on any atom is -0.487 e. The van der Waals surface area contributed by atoms with Crippen LogP contribution < -0.4 is 15.0 Å². The van der Waals surface area contributed by atoms with Crippen LogP contribution in [-0.2, 0) is 16.2 Å². The highest BCUT2D eigenvalue weighted by molar-refractivity contribution is 9.11. The molecule has 1 aliphatic rings. The minimum atomic E-state index is -0.959. The molecule has 0 aliphatic carbocycles. The molecule has 0 radical (unpaired) electrons. The number of nitrogens with one attached hydrogen (secondary N) is 1. The molecule has 0 spiro atoms. The smallest absolute Gasteiger partial charge is 0.335 e. The summed E-state index contributed by atoms with van der Waals surface area (Å²) >= 11 is 6.76. The number of carbonyl (C=O) groups excluding carboxylic acids is 3. The molecule has 0 saturated carbocycles. The van der Waals surface area contributed by atoms with Crippen LogP contribution in [0.2, 0.25) is 0 Å². The Kier molecular flexibility index (Phi) is 7.27. The number of nitrogens with zero attached hydrogens (tertiary/aromatic N) is 2. The molecule has 1 saturated heterocycles. The fourth-order valence-corrected chi connectivity index (χ4v) is 4.72. The molecular formula is C24H14Br2FN3O6. The maximum atomic E-state index is 13.3. The third-order valence-corrected chi connectivity index (χ3v) is 6.10. The number of amides is 4. The van der Waals surface area contributed by atoms with Gasteiger partial charge in [-0.1, -0.05) is 15.9 Å². The van der Waals surface area contributed by atoms with E-state index in [0.717, 1.165) is 17.0 Å². The molecule has 0 aromatic heterocycles. The van der Waals surface area contributed by atoms with E-state index in [1.165, 1.54) is 30.3 Å². The Morgan fingerprint density at radius 2 is 1.69 bits per heavy atom. The van der Waals surface area contributed by atoms with Crippen molar-refractivity contribution in [2.75, 3.05) is 4.90 Å². The highest BCUT2D eigenvalue weighted by atomic mass is 79.9. The number of non-ortho nitro benzene ring substituents is 1. The van der Waals surface area contributed by atoms with Crippen LogP contribution in [0.15, 0.2) is 75.2 Å². The predicted molar refractivity (Wildman–Crippen MR) is 135 cm³/mol. The molecule has 0 bridgehead atoms. The van der Waals surface area contributed by atoms with Gasteiger partial charge in [0.15, 0.2) is 0 Å². The number of ether oxygens (including phenoxy) is 1. The molecule has 1 fully saturated rings. The minimum absolute atomic E-state index is 0.0364. The Balaban J connectivity index is 1.67. The zero-order valence-electron chi connectivity index (χ0n) is 18.0. The van der Waals surface area contributed by atoms with Gasteiger partial charge in [-0.15, -0.1) is 0 Å². The van der Waals surface area contributed by atoms with Crippen LogP contribution in [0.3, 0.4) is 0 Å². The predicted octanol–water partition coefficient (Wildman–Crippen LogP) is 5.50. The molecule has 1 aliphatic heterocycles. The number of benzene rings is 3. The monoisotopic (exact) mass is 617 g/mol. The van der Waals surface area contributed by atoms with Crippen molar-refractivity contribution in [3.05, 3.63) is 102 Å². The second-order valence-corrected chi connectivity index (χ2v) is 9.22. The first-order chi connectivity index (χ1) is 17.1. The molecular weight excluding hydrogens is 605 g/mol. The van der Waals surface area contributed by atoms with Crippen LogP contribution in [0.25, 0.3) is 6.08 Å². The molecule has 3 aromatic carbocycles. The average molecular weight is 619 g/mol. The number of urea groups is 1. The van der Waals surface area contributed by atoms with Gasteiger partial charge in [0.2, 0.25) is 0 Å². The van der Waals surface area contributed by atoms with Gasteiger partial charge in [-0.3, -0.25) is 25.0 Å². The highest BCUT2D eigenvalue weighted by Gasteiger charge is 2.37. The van der Waals surface area contributed by atoms with E-state index in [4.69, 9.17) is 4.74 Å². The van der Waals surface area contributed by atoms with Crippen molar-refractivity contribution in [1.82, 2.24) is 5.32 Å². The standard InChI is InChI=1S/C24H14Br2FN3O6/c25-15-9-14(21(20(26)11-15)36-12-13-1-5-18(6-2-13)30(34)35)10-19-22(31)28-24(33)29(23(19)32)17-7-3-16(27)4-8-17/h1-11H,12H2,(H,28,31,33)/b19-10+. The summed E-state index contributed by atoms with van der Waals surface area (Å²) in [5.41, 5.74) is 0.668. The topological polar surface area (TPSA) is 119 Å². The summed E-state index contributed by atoms with van der Waals surface area (Å²) in [6, 6.07) is 12.8. The van der Waals surface area contributed by atoms with Crippen LogP contribution in [0.5, 0.6) is 5.75 Å². The Morgan fingerprint density at radius 1 is 1.03 bits per heavy atom. The summed E-state index contributed by atoms with van der Waals surface area (Å²) in [7, 11) is 0. The van der Waals surface area contributed by atoms with Gasteiger partial charge in [-0.05, 0) is 76.1 Å². The molecule has 3 aromatic rings. The summed E-state index contributed by atoms with van der Waals surface area (Å²) in [5, 5.41) is 13.0. The first-order valence-corrected chi connectivity index (χ1v) is 11.7. The van der Waals surface area contributed by atoms with Crippen LogP contribution in [0.4, 0.5) is 20.6 Å². The van der Waals surface area contributed by atoms with Crippen molar-refractivity contribution < 1.29 is 28.4 Å². The number of hydrogen-bond acceptors (Lipinski definition) is 6. The van der Waals surface area contributed by atoms with E-state index in [1.807, 2.05) is 0 Å². The molecule has 4 rings (SSSR count). The Labute approximate surface area is 220 Å². The van der Waals surface area contributed by atoms with Crippen LogP contribution >= 0.6 is 31.9 Å². The SMILES string of the molecule is O=C1NC(=O)N(c2ccc(F)cc2)C(=O)/C1=C/c1cc(Br)cc(Br)c1OCc1ccc([N+](=O)[O-])cc1. The largest absolute Gasteiger partial charge is 0.487 e. The van der Waals surface area contributed by atoms with Gasteiger partial charge >= 0.3 is 6.03 Å². The maximum absolute atomic E-state index is 13.3. The molecule has 36 heavy (non-hydrogen) atoms. The number of halogens is 3. The summed E-state index contributed by atoms with van der Waals surface area (Å²) in [6.45, 7) is 0.0364. The number of hydrogen-bond donors (Lipinski definition) is 1. The number of imide groups is 2. The number of anilines is 1. The van der Waals surface area contributed by atoms with Gasteiger partial charge in [-0.2, -0.15) is 0 Å². The first kappa shape index (κ1) is 25.2. The van der Waals surface area contributed by atoms with Crippen molar-refractivity contribution >= 4 is 67.2 Å². The van der Waals surface area contributed by atoms with Gasteiger partial charge in [0.25, 0.3) is 17.5 Å². The van der Waals surface area contributed by atoms with E-state index >= 15 is 0 Å². The zero-order valence-corrected chi connectivity index (χ0v) is 21.2. The van der Waals surface area contributed by atoms with Gasteiger partial charge < -0.3 is 4.74 Å². The molecule has 1 heterocycles.